The normalized spacial score (nSPS) is 22.3. The Balaban J connectivity index is 2.03. The Bertz CT molecular complexity index is 360. The van der Waals surface area contributed by atoms with Crippen LogP contribution in [0.15, 0.2) is 17.5 Å². The smallest absolute Gasteiger partial charge is 0.0332 e. The van der Waals surface area contributed by atoms with Crippen LogP contribution in [0.25, 0.3) is 0 Å². The molecule has 0 radical (unpaired) electrons. The molecule has 2 N–H and O–H groups in total. The molecule has 3 heteroatoms. The first-order valence-electron chi connectivity index (χ1n) is 6.91. The molecule has 0 bridgehead atoms. The van der Waals surface area contributed by atoms with Gasteiger partial charge in [-0.05, 0) is 49.6 Å². The summed E-state index contributed by atoms with van der Waals surface area (Å²) >= 11 is 1.84. The molecule has 1 heterocycles. The van der Waals surface area contributed by atoms with Crippen LogP contribution in [-0.2, 0) is 6.54 Å². The first-order valence-corrected chi connectivity index (χ1v) is 7.79. The second kappa shape index (κ2) is 5.32. The summed E-state index contributed by atoms with van der Waals surface area (Å²) in [7, 11) is 2.24. The average molecular weight is 266 g/mol. The topological polar surface area (TPSA) is 29.3 Å². The molecule has 0 atom stereocenters. The first-order chi connectivity index (χ1) is 8.47. The van der Waals surface area contributed by atoms with Gasteiger partial charge in [0.2, 0.25) is 0 Å². The van der Waals surface area contributed by atoms with E-state index in [2.05, 4.69) is 43.3 Å². The molecule has 1 saturated carbocycles. The largest absolute Gasteiger partial charge is 0.329 e. The zero-order valence-electron chi connectivity index (χ0n) is 11.9. The van der Waals surface area contributed by atoms with Crippen molar-refractivity contribution in [1.82, 2.24) is 4.90 Å². The molecule has 0 aromatic carbocycles. The lowest BCUT2D eigenvalue weighted by molar-refractivity contribution is 0.0370. The van der Waals surface area contributed by atoms with E-state index in [0.717, 1.165) is 13.1 Å². The Labute approximate surface area is 115 Å². The zero-order valence-corrected chi connectivity index (χ0v) is 12.7. The Hall–Kier alpha value is -0.380. The standard InChI is InChI=1S/C15H26N2S/c1-14(2)6-8-15(12-16,9-7-14)17(3)11-13-5-4-10-18-13/h4-5,10H,6-9,11-12,16H2,1-3H3. The van der Waals surface area contributed by atoms with Crippen LogP contribution in [0.2, 0.25) is 0 Å². The van der Waals surface area contributed by atoms with Gasteiger partial charge in [-0.2, -0.15) is 0 Å². The number of nitrogens with zero attached hydrogens (tertiary/aromatic N) is 1. The Kier molecular flexibility index (Phi) is 4.15. The van der Waals surface area contributed by atoms with Crippen molar-refractivity contribution in [3.8, 4) is 0 Å². The third-order valence-corrected chi connectivity index (χ3v) is 5.56. The molecule has 0 saturated heterocycles. The van der Waals surface area contributed by atoms with Crippen LogP contribution < -0.4 is 5.73 Å². The molecular formula is C15H26N2S. The van der Waals surface area contributed by atoms with Crippen molar-refractivity contribution in [2.45, 2.75) is 51.6 Å². The highest BCUT2D eigenvalue weighted by Crippen LogP contribution is 2.42. The van der Waals surface area contributed by atoms with Crippen LogP contribution in [0.4, 0.5) is 0 Å². The van der Waals surface area contributed by atoms with Gasteiger partial charge in [0.15, 0.2) is 0 Å². The fourth-order valence-corrected chi connectivity index (χ4v) is 3.70. The predicted molar refractivity (Wildman–Crippen MR) is 79.8 cm³/mol. The molecule has 102 valence electrons. The van der Waals surface area contributed by atoms with Crippen molar-refractivity contribution < 1.29 is 0 Å². The van der Waals surface area contributed by atoms with Crippen LogP contribution in [0.1, 0.15) is 44.4 Å². The monoisotopic (exact) mass is 266 g/mol. The highest BCUT2D eigenvalue weighted by Gasteiger charge is 2.40. The fraction of sp³-hybridized carbons (Fsp3) is 0.733. The second-order valence-corrected chi connectivity index (χ2v) is 7.56. The van der Waals surface area contributed by atoms with Crippen molar-refractivity contribution in [2.24, 2.45) is 11.1 Å². The van der Waals surface area contributed by atoms with Gasteiger partial charge in [-0.15, -0.1) is 11.3 Å². The number of rotatable bonds is 4. The van der Waals surface area contributed by atoms with Crippen molar-refractivity contribution in [1.29, 1.82) is 0 Å². The van der Waals surface area contributed by atoms with E-state index in [9.17, 15) is 0 Å². The van der Waals surface area contributed by atoms with Crippen LogP contribution in [0.3, 0.4) is 0 Å². The summed E-state index contributed by atoms with van der Waals surface area (Å²) in [6, 6.07) is 4.35. The van der Waals surface area contributed by atoms with Crippen LogP contribution in [-0.4, -0.2) is 24.0 Å². The number of hydrogen-bond acceptors (Lipinski definition) is 3. The van der Waals surface area contributed by atoms with Gasteiger partial charge in [0.05, 0.1) is 0 Å². The molecule has 0 amide bonds. The number of thiophene rings is 1. The average Bonchev–Trinajstić information content (AvgIpc) is 2.82. The first kappa shape index (κ1) is 14.0. The molecule has 18 heavy (non-hydrogen) atoms. The maximum Gasteiger partial charge on any atom is 0.0332 e. The highest BCUT2D eigenvalue weighted by atomic mass is 32.1. The summed E-state index contributed by atoms with van der Waals surface area (Å²) in [6.45, 7) is 6.58. The zero-order chi connectivity index (χ0) is 13.2. The van der Waals surface area contributed by atoms with E-state index < -0.39 is 0 Å². The lowest BCUT2D eigenvalue weighted by Crippen LogP contribution is -2.54. The summed E-state index contributed by atoms with van der Waals surface area (Å²) < 4.78 is 0. The van der Waals surface area contributed by atoms with Gasteiger partial charge in [0.25, 0.3) is 0 Å². The summed E-state index contributed by atoms with van der Waals surface area (Å²) in [5.74, 6) is 0. The Morgan fingerprint density at radius 3 is 2.44 bits per heavy atom. The summed E-state index contributed by atoms with van der Waals surface area (Å²) in [5, 5.41) is 2.16. The molecule has 0 unspecified atom stereocenters. The molecule has 0 aliphatic heterocycles. The molecule has 1 aliphatic carbocycles. The van der Waals surface area contributed by atoms with Gasteiger partial charge in [0.1, 0.15) is 0 Å². The quantitative estimate of drug-likeness (QED) is 0.904. The molecule has 1 fully saturated rings. The van der Waals surface area contributed by atoms with E-state index in [-0.39, 0.29) is 5.54 Å². The van der Waals surface area contributed by atoms with Crippen molar-refractivity contribution >= 4 is 11.3 Å². The number of hydrogen-bond donors (Lipinski definition) is 1. The van der Waals surface area contributed by atoms with Crippen LogP contribution in [0.5, 0.6) is 0 Å². The molecule has 1 aromatic heterocycles. The number of likely N-dealkylation sites (N-methyl/N-ethyl adjacent to an activating group) is 1. The summed E-state index contributed by atoms with van der Waals surface area (Å²) in [6.07, 6.45) is 5.05. The van der Waals surface area contributed by atoms with E-state index in [4.69, 9.17) is 5.73 Å². The van der Waals surface area contributed by atoms with Gasteiger partial charge in [-0.1, -0.05) is 19.9 Å². The van der Waals surface area contributed by atoms with E-state index in [1.54, 1.807) is 0 Å². The minimum Gasteiger partial charge on any atom is -0.329 e. The van der Waals surface area contributed by atoms with E-state index in [1.165, 1.54) is 30.6 Å². The summed E-state index contributed by atoms with van der Waals surface area (Å²) in [4.78, 5) is 3.93. The maximum absolute atomic E-state index is 6.12. The number of nitrogens with two attached hydrogens (primary N) is 1. The molecule has 2 rings (SSSR count). The maximum atomic E-state index is 6.12. The highest BCUT2D eigenvalue weighted by molar-refractivity contribution is 7.09. The molecule has 1 aromatic rings. The SMILES string of the molecule is CN(Cc1cccs1)C1(CN)CCC(C)(C)CC1. The minimum absolute atomic E-state index is 0.222. The van der Waals surface area contributed by atoms with Crippen molar-refractivity contribution in [3.05, 3.63) is 22.4 Å². The minimum atomic E-state index is 0.222. The van der Waals surface area contributed by atoms with Gasteiger partial charge >= 0.3 is 0 Å². The van der Waals surface area contributed by atoms with Gasteiger partial charge in [-0.3, -0.25) is 4.90 Å². The van der Waals surface area contributed by atoms with Crippen LogP contribution in [0, 0.1) is 5.41 Å². The summed E-state index contributed by atoms with van der Waals surface area (Å²) in [5.41, 5.74) is 6.84. The van der Waals surface area contributed by atoms with Gasteiger partial charge in [-0.25, -0.2) is 0 Å². The second-order valence-electron chi connectivity index (χ2n) is 6.53. The third-order valence-electron chi connectivity index (χ3n) is 4.70. The lowest BCUT2D eigenvalue weighted by Gasteiger charge is -2.48. The van der Waals surface area contributed by atoms with Gasteiger partial charge in [0, 0.05) is 23.5 Å². The molecule has 2 nitrogen and oxygen atoms in total. The third kappa shape index (κ3) is 2.95. The van der Waals surface area contributed by atoms with Crippen molar-refractivity contribution in [2.75, 3.05) is 13.6 Å². The Morgan fingerprint density at radius 1 is 1.28 bits per heavy atom. The van der Waals surface area contributed by atoms with Crippen LogP contribution >= 0.6 is 11.3 Å². The molecular weight excluding hydrogens is 240 g/mol. The van der Waals surface area contributed by atoms with E-state index in [1.807, 2.05) is 11.3 Å². The predicted octanol–water partition coefficient (Wildman–Crippen LogP) is 3.48. The fourth-order valence-electron chi connectivity index (χ4n) is 2.94. The van der Waals surface area contributed by atoms with Crippen molar-refractivity contribution in [3.63, 3.8) is 0 Å². The molecule has 1 aliphatic rings. The van der Waals surface area contributed by atoms with E-state index >= 15 is 0 Å². The van der Waals surface area contributed by atoms with Gasteiger partial charge < -0.3 is 5.73 Å². The lowest BCUT2D eigenvalue weighted by atomic mass is 9.69. The Morgan fingerprint density at radius 2 is 1.94 bits per heavy atom. The molecule has 0 spiro atoms. The van der Waals surface area contributed by atoms with E-state index in [0.29, 0.717) is 5.41 Å².